The molecule has 4 heteroatoms. The summed E-state index contributed by atoms with van der Waals surface area (Å²) in [5.41, 5.74) is 0. The van der Waals surface area contributed by atoms with Crippen molar-refractivity contribution in [3.8, 4) is 0 Å². The van der Waals surface area contributed by atoms with Crippen LogP contribution in [0.15, 0.2) is 12.5 Å². The summed E-state index contributed by atoms with van der Waals surface area (Å²) in [6.45, 7) is 2.47. The molecule has 11 heavy (non-hydrogen) atoms. The lowest BCUT2D eigenvalue weighted by atomic mass is 10.8. The molecule has 0 spiro atoms. The van der Waals surface area contributed by atoms with E-state index in [4.69, 9.17) is 18.9 Å². The van der Waals surface area contributed by atoms with E-state index in [1.54, 1.807) is 0 Å². The first kappa shape index (κ1) is 8.36. The van der Waals surface area contributed by atoms with Crippen molar-refractivity contribution in [1.82, 2.24) is 0 Å². The summed E-state index contributed by atoms with van der Waals surface area (Å²) in [5, 5.41) is 0. The van der Waals surface area contributed by atoms with Crippen molar-refractivity contribution >= 4 is 0 Å². The smallest absolute Gasteiger partial charge is 0.147 e. The van der Waals surface area contributed by atoms with Crippen LogP contribution in [0.4, 0.5) is 0 Å². The minimum Gasteiger partial charge on any atom is -0.496 e. The Balaban J connectivity index is 2.11. The fourth-order valence-corrected chi connectivity index (χ4v) is 0.606. The molecule has 1 aliphatic rings. The van der Waals surface area contributed by atoms with E-state index in [0.717, 1.165) is 0 Å². The Bertz CT molecular complexity index is 101. The van der Waals surface area contributed by atoms with Gasteiger partial charge in [0.05, 0.1) is 13.2 Å². The van der Waals surface area contributed by atoms with Crippen LogP contribution in [0.25, 0.3) is 0 Å². The first-order valence-corrected chi connectivity index (χ1v) is 3.54. The summed E-state index contributed by atoms with van der Waals surface area (Å²) in [5.74, 6) is 0. The molecular formula is C7H12O4. The molecule has 0 aromatic heterocycles. The van der Waals surface area contributed by atoms with Gasteiger partial charge < -0.3 is 18.9 Å². The second-order valence-electron chi connectivity index (χ2n) is 1.95. The van der Waals surface area contributed by atoms with E-state index in [9.17, 15) is 0 Å². The summed E-state index contributed by atoms with van der Waals surface area (Å²) < 4.78 is 20.0. The molecule has 1 aliphatic heterocycles. The molecule has 0 bridgehead atoms. The molecule has 0 fully saturated rings. The van der Waals surface area contributed by atoms with Gasteiger partial charge in [0.15, 0.2) is 0 Å². The predicted octanol–water partition coefficient (Wildman–Crippen LogP) is 0.495. The van der Waals surface area contributed by atoms with Crippen molar-refractivity contribution in [2.24, 2.45) is 0 Å². The highest BCUT2D eigenvalue weighted by molar-refractivity contribution is 4.60. The highest BCUT2D eigenvalue weighted by atomic mass is 16.7. The molecule has 0 N–H and O–H groups in total. The zero-order valence-electron chi connectivity index (χ0n) is 6.32. The lowest BCUT2D eigenvalue weighted by Gasteiger charge is -2.02. The van der Waals surface area contributed by atoms with Crippen molar-refractivity contribution < 1.29 is 18.9 Å². The molecule has 1 heterocycles. The SMILES string of the molecule is C1=COCCOCOCCO1. The molecule has 0 aliphatic carbocycles. The average Bonchev–Trinajstić information content (AvgIpc) is 2.08. The Morgan fingerprint density at radius 2 is 1.27 bits per heavy atom. The van der Waals surface area contributed by atoms with Crippen LogP contribution in [-0.4, -0.2) is 33.2 Å². The number of hydrogen-bond acceptors (Lipinski definition) is 4. The van der Waals surface area contributed by atoms with Gasteiger partial charge in [-0.1, -0.05) is 0 Å². The van der Waals surface area contributed by atoms with E-state index in [-0.39, 0.29) is 0 Å². The maximum atomic E-state index is 5.03. The number of rotatable bonds is 0. The van der Waals surface area contributed by atoms with Crippen molar-refractivity contribution in [3.63, 3.8) is 0 Å². The van der Waals surface area contributed by atoms with E-state index < -0.39 is 0 Å². The third kappa shape index (κ3) is 4.64. The van der Waals surface area contributed by atoms with Gasteiger partial charge in [-0.15, -0.1) is 0 Å². The van der Waals surface area contributed by atoms with Crippen LogP contribution in [0.2, 0.25) is 0 Å². The van der Waals surface area contributed by atoms with Crippen molar-refractivity contribution in [2.45, 2.75) is 0 Å². The van der Waals surface area contributed by atoms with Crippen LogP contribution < -0.4 is 0 Å². The zero-order chi connectivity index (χ0) is 7.78. The van der Waals surface area contributed by atoms with Gasteiger partial charge in [-0.3, -0.25) is 0 Å². The second kappa shape index (κ2) is 6.00. The summed E-state index contributed by atoms with van der Waals surface area (Å²) in [7, 11) is 0. The fraction of sp³-hybridized carbons (Fsp3) is 0.714. The van der Waals surface area contributed by atoms with E-state index in [0.29, 0.717) is 33.2 Å². The molecule has 1 rings (SSSR count). The van der Waals surface area contributed by atoms with Crippen LogP contribution in [0.1, 0.15) is 0 Å². The third-order valence-corrected chi connectivity index (χ3v) is 1.11. The summed E-state index contributed by atoms with van der Waals surface area (Å²) in [6.07, 6.45) is 3.02. The van der Waals surface area contributed by atoms with E-state index in [2.05, 4.69) is 0 Å². The fourth-order valence-electron chi connectivity index (χ4n) is 0.606. The normalized spacial score (nSPS) is 21.1. The van der Waals surface area contributed by atoms with Crippen LogP contribution in [0.3, 0.4) is 0 Å². The van der Waals surface area contributed by atoms with Gasteiger partial charge in [-0.2, -0.15) is 0 Å². The lowest BCUT2D eigenvalue weighted by Crippen LogP contribution is -2.07. The van der Waals surface area contributed by atoms with E-state index >= 15 is 0 Å². The molecule has 64 valence electrons. The topological polar surface area (TPSA) is 36.9 Å². The van der Waals surface area contributed by atoms with E-state index in [1.807, 2.05) is 0 Å². The Morgan fingerprint density at radius 1 is 0.727 bits per heavy atom. The van der Waals surface area contributed by atoms with Crippen LogP contribution in [0, 0.1) is 0 Å². The maximum Gasteiger partial charge on any atom is 0.147 e. The minimum absolute atomic E-state index is 0.312. The lowest BCUT2D eigenvalue weighted by molar-refractivity contribution is -0.0682. The Hall–Kier alpha value is -0.740. The molecule has 0 aromatic carbocycles. The molecule has 0 unspecified atom stereocenters. The summed E-state index contributed by atoms with van der Waals surface area (Å²) in [6, 6.07) is 0. The summed E-state index contributed by atoms with van der Waals surface area (Å²) in [4.78, 5) is 0. The molecule has 0 amide bonds. The Morgan fingerprint density at radius 3 is 1.82 bits per heavy atom. The molecule has 0 atom stereocenters. The van der Waals surface area contributed by atoms with Crippen LogP contribution in [-0.2, 0) is 18.9 Å². The van der Waals surface area contributed by atoms with Crippen LogP contribution >= 0.6 is 0 Å². The maximum absolute atomic E-state index is 5.03. The van der Waals surface area contributed by atoms with Gasteiger partial charge >= 0.3 is 0 Å². The Labute approximate surface area is 65.7 Å². The first-order chi connectivity index (χ1) is 5.50. The minimum atomic E-state index is 0.312. The van der Waals surface area contributed by atoms with Gasteiger partial charge in [0.25, 0.3) is 0 Å². The standard InChI is InChI=1S/C7H12O4/c1-2-9-4-6-11-7-10-5-3-8-1/h1-2H,3-7H2. The predicted molar refractivity (Wildman–Crippen MR) is 37.8 cm³/mol. The number of ether oxygens (including phenoxy) is 4. The van der Waals surface area contributed by atoms with E-state index in [1.165, 1.54) is 12.5 Å². The monoisotopic (exact) mass is 160 g/mol. The molecule has 0 radical (unpaired) electrons. The van der Waals surface area contributed by atoms with Crippen molar-refractivity contribution in [1.29, 1.82) is 0 Å². The molecule has 0 aromatic rings. The second-order valence-corrected chi connectivity index (χ2v) is 1.95. The van der Waals surface area contributed by atoms with Crippen molar-refractivity contribution in [2.75, 3.05) is 33.2 Å². The van der Waals surface area contributed by atoms with Crippen LogP contribution in [0.5, 0.6) is 0 Å². The number of hydrogen-bond donors (Lipinski definition) is 0. The quantitative estimate of drug-likeness (QED) is 0.517. The molecule has 4 nitrogen and oxygen atoms in total. The zero-order valence-corrected chi connectivity index (χ0v) is 6.32. The van der Waals surface area contributed by atoms with Gasteiger partial charge in [-0.25, -0.2) is 0 Å². The average molecular weight is 160 g/mol. The third-order valence-electron chi connectivity index (χ3n) is 1.11. The summed E-state index contributed by atoms with van der Waals surface area (Å²) >= 11 is 0. The highest BCUT2D eigenvalue weighted by Crippen LogP contribution is 1.87. The van der Waals surface area contributed by atoms with Gasteiger partial charge in [0.2, 0.25) is 0 Å². The van der Waals surface area contributed by atoms with Crippen molar-refractivity contribution in [3.05, 3.63) is 12.5 Å². The molecular weight excluding hydrogens is 148 g/mol. The van der Waals surface area contributed by atoms with Gasteiger partial charge in [-0.05, 0) is 0 Å². The highest BCUT2D eigenvalue weighted by Gasteiger charge is 1.90. The molecule has 0 saturated heterocycles. The van der Waals surface area contributed by atoms with Gasteiger partial charge in [0.1, 0.15) is 32.5 Å². The Kier molecular flexibility index (Phi) is 4.56. The first-order valence-electron chi connectivity index (χ1n) is 3.54. The largest absolute Gasteiger partial charge is 0.496 e. The van der Waals surface area contributed by atoms with Gasteiger partial charge in [0, 0.05) is 0 Å². The molecule has 0 saturated carbocycles.